The molecule has 23 heavy (non-hydrogen) atoms. The largest absolute Gasteiger partial charge is 0.479 e. The molecule has 1 amide bonds. The Kier molecular flexibility index (Phi) is 5.16. The van der Waals surface area contributed by atoms with E-state index in [1.807, 2.05) is 13.8 Å². The zero-order chi connectivity index (χ0) is 17.2. The van der Waals surface area contributed by atoms with E-state index >= 15 is 0 Å². The van der Waals surface area contributed by atoms with Crippen molar-refractivity contribution >= 4 is 23.5 Å². The molecule has 1 aliphatic rings. The van der Waals surface area contributed by atoms with Crippen molar-refractivity contribution < 1.29 is 23.9 Å². The van der Waals surface area contributed by atoms with Gasteiger partial charge in [0.25, 0.3) is 5.91 Å². The van der Waals surface area contributed by atoms with E-state index in [2.05, 4.69) is 4.74 Å². The highest BCUT2D eigenvalue weighted by Crippen LogP contribution is 2.30. The second-order valence-electron chi connectivity index (χ2n) is 6.04. The van der Waals surface area contributed by atoms with E-state index in [0.29, 0.717) is 22.9 Å². The summed E-state index contributed by atoms with van der Waals surface area (Å²) in [7, 11) is 1.30. The molecule has 126 valence electrons. The lowest BCUT2D eigenvalue weighted by atomic mass is 9.95. The third-order valence-electron chi connectivity index (χ3n) is 3.56. The van der Waals surface area contributed by atoms with Crippen LogP contribution in [0.2, 0.25) is 5.02 Å². The molecule has 7 heteroatoms. The molecule has 1 saturated heterocycles. The van der Waals surface area contributed by atoms with Gasteiger partial charge in [-0.1, -0.05) is 11.6 Å². The average Bonchev–Trinajstić information content (AvgIpc) is 2.76. The Balaban J connectivity index is 2.12. The molecule has 0 radical (unpaired) electrons. The van der Waals surface area contributed by atoms with Crippen LogP contribution in [0.1, 0.15) is 26.3 Å². The number of rotatable bonds is 5. The molecule has 1 aromatic rings. The van der Waals surface area contributed by atoms with E-state index in [1.54, 1.807) is 25.1 Å². The minimum atomic E-state index is -0.738. The number of benzene rings is 1. The highest BCUT2D eigenvalue weighted by Gasteiger charge is 2.40. The molecule has 0 unspecified atom stereocenters. The monoisotopic (exact) mass is 341 g/mol. The van der Waals surface area contributed by atoms with Gasteiger partial charge in [-0.2, -0.15) is 0 Å². The number of carbonyl (C=O) groups is 2. The first-order valence-corrected chi connectivity index (χ1v) is 7.60. The van der Waals surface area contributed by atoms with Crippen LogP contribution in [-0.4, -0.2) is 36.8 Å². The third-order valence-corrected chi connectivity index (χ3v) is 3.93. The highest BCUT2D eigenvalue weighted by molar-refractivity contribution is 6.31. The van der Waals surface area contributed by atoms with Crippen LogP contribution in [-0.2, 0) is 25.7 Å². The molecule has 0 aliphatic carbocycles. The summed E-state index contributed by atoms with van der Waals surface area (Å²) in [6.45, 7) is 5.79. The second-order valence-corrected chi connectivity index (χ2v) is 6.44. The third kappa shape index (κ3) is 3.95. The van der Waals surface area contributed by atoms with Gasteiger partial charge in [0.15, 0.2) is 6.10 Å². The Morgan fingerprint density at radius 1 is 1.48 bits per heavy atom. The summed E-state index contributed by atoms with van der Waals surface area (Å²) in [5.41, 5.74) is 0.132. The molecule has 0 saturated carbocycles. The first kappa shape index (κ1) is 17.6. The SMILES string of the molecule is COC(=O)[C@H](C)Oc1ccc(Cl)c(CN2OCC(C)(C)C2=O)c1. The molecule has 6 nitrogen and oxygen atoms in total. The minimum absolute atomic E-state index is 0.0946. The van der Waals surface area contributed by atoms with E-state index in [1.165, 1.54) is 12.2 Å². The molecule has 0 N–H and O–H groups in total. The fourth-order valence-corrected chi connectivity index (χ4v) is 2.31. The number of hydrogen-bond acceptors (Lipinski definition) is 5. The van der Waals surface area contributed by atoms with Gasteiger partial charge in [0, 0.05) is 5.02 Å². The quantitative estimate of drug-likeness (QED) is 0.770. The maximum atomic E-state index is 12.2. The van der Waals surface area contributed by atoms with Crippen molar-refractivity contribution in [3.8, 4) is 5.75 Å². The minimum Gasteiger partial charge on any atom is -0.479 e. The van der Waals surface area contributed by atoms with Crippen LogP contribution in [0.5, 0.6) is 5.75 Å². The second kappa shape index (κ2) is 6.76. The molecule has 0 bridgehead atoms. The van der Waals surface area contributed by atoms with E-state index in [-0.39, 0.29) is 12.5 Å². The summed E-state index contributed by atoms with van der Waals surface area (Å²) in [5.74, 6) is -0.0997. The number of carbonyl (C=O) groups excluding carboxylic acids is 2. The lowest BCUT2D eigenvalue weighted by Gasteiger charge is -2.18. The molecular weight excluding hydrogens is 322 g/mol. The van der Waals surface area contributed by atoms with Crippen molar-refractivity contribution in [2.45, 2.75) is 33.4 Å². The topological polar surface area (TPSA) is 65.1 Å². The van der Waals surface area contributed by atoms with Crippen LogP contribution < -0.4 is 4.74 Å². The number of esters is 1. The van der Waals surface area contributed by atoms with Gasteiger partial charge in [0.05, 0.1) is 25.7 Å². The molecule has 1 aliphatic heterocycles. The number of nitrogens with zero attached hydrogens (tertiary/aromatic N) is 1. The molecule has 1 aromatic carbocycles. The van der Waals surface area contributed by atoms with Gasteiger partial charge in [-0.05, 0) is 44.5 Å². The Morgan fingerprint density at radius 3 is 2.74 bits per heavy atom. The maximum Gasteiger partial charge on any atom is 0.346 e. The normalized spacial score (nSPS) is 18.0. The molecule has 1 fully saturated rings. The molecule has 2 rings (SSSR count). The zero-order valence-corrected chi connectivity index (χ0v) is 14.3. The fourth-order valence-electron chi connectivity index (χ4n) is 2.13. The lowest BCUT2D eigenvalue weighted by molar-refractivity contribution is -0.165. The molecule has 1 heterocycles. The Morgan fingerprint density at radius 2 is 2.17 bits per heavy atom. The van der Waals surface area contributed by atoms with Gasteiger partial charge in [-0.25, -0.2) is 9.86 Å². The first-order chi connectivity index (χ1) is 10.7. The summed E-state index contributed by atoms with van der Waals surface area (Å²) < 4.78 is 10.1. The predicted octanol–water partition coefficient (Wildman–Crippen LogP) is 2.58. The molecule has 0 spiro atoms. The van der Waals surface area contributed by atoms with Crippen LogP contribution in [0.25, 0.3) is 0 Å². The van der Waals surface area contributed by atoms with E-state index < -0.39 is 17.5 Å². The van der Waals surface area contributed by atoms with Crippen LogP contribution >= 0.6 is 11.6 Å². The summed E-state index contributed by atoms with van der Waals surface area (Å²) in [4.78, 5) is 29.0. The van der Waals surface area contributed by atoms with Gasteiger partial charge < -0.3 is 9.47 Å². The smallest absolute Gasteiger partial charge is 0.346 e. The van der Waals surface area contributed by atoms with Crippen molar-refractivity contribution in [1.29, 1.82) is 0 Å². The average molecular weight is 342 g/mol. The fraction of sp³-hybridized carbons (Fsp3) is 0.500. The number of amides is 1. The van der Waals surface area contributed by atoms with E-state index in [4.69, 9.17) is 21.2 Å². The van der Waals surface area contributed by atoms with Crippen molar-refractivity contribution in [3.05, 3.63) is 28.8 Å². The van der Waals surface area contributed by atoms with Crippen LogP contribution in [0.15, 0.2) is 18.2 Å². The molecular formula is C16H20ClNO5. The van der Waals surface area contributed by atoms with Crippen LogP contribution in [0, 0.1) is 5.41 Å². The molecule has 1 atom stereocenters. The predicted molar refractivity (Wildman–Crippen MR) is 83.8 cm³/mol. The lowest BCUT2D eigenvalue weighted by Crippen LogP contribution is -2.30. The standard InChI is InChI=1S/C16H20ClNO5/c1-10(14(19)21-4)23-12-5-6-13(17)11(7-12)8-18-15(20)16(2,3)9-22-18/h5-7,10H,8-9H2,1-4H3/t10-/m0/s1. The number of hydroxylamine groups is 2. The van der Waals surface area contributed by atoms with Crippen molar-refractivity contribution in [2.75, 3.05) is 13.7 Å². The van der Waals surface area contributed by atoms with Crippen LogP contribution in [0.3, 0.4) is 0 Å². The van der Waals surface area contributed by atoms with Gasteiger partial charge in [0.2, 0.25) is 0 Å². The van der Waals surface area contributed by atoms with Crippen molar-refractivity contribution in [1.82, 2.24) is 5.06 Å². The number of ether oxygens (including phenoxy) is 2. The number of halogens is 1. The van der Waals surface area contributed by atoms with Crippen molar-refractivity contribution in [2.24, 2.45) is 5.41 Å². The first-order valence-electron chi connectivity index (χ1n) is 7.22. The van der Waals surface area contributed by atoms with Crippen molar-refractivity contribution in [3.63, 3.8) is 0 Å². The van der Waals surface area contributed by atoms with E-state index in [9.17, 15) is 9.59 Å². The summed E-state index contributed by atoms with van der Waals surface area (Å²) >= 11 is 6.18. The maximum absolute atomic E-state index is 12.2. The summed E-state index contributed by atoms with van der Waals surface area (Å²) in [6, 6.07) is 4.99. The Labute approximate surface area is 140 Å². The molecule has 0 aromatic heterocycles. The highest BCUT2D eigenvalue weighted by atomic mass is 35.5. The van der Waals surface area contributed by atoms with Gasteiger partial charge in [0.1, 0.15) is 5.75 Å². The number of methoxy groups -OCH3 is 1. The number of hydrogen-bond donors (Lipinski definition) is 0. The van der Waals surface area contributed by atoms with Gasteiger partial charge in [-0.15, -0.1) is 0 Å². The Bertz CT molecular complexity index is 616. The summed E-state index contributed by atoms with van der Waals surface area (Å²) in [5, 5.41) is 1.79. The summed E-state index contributed by atoms with van der Waals surface area (Å²) in [6.07, 6.45) is -0.738. The zero-order valence-electron chi connectivity index (χ0n) is 13.6. The van der Waals surface area contributed by atoms with Crippen LogP contribution in [0.4, 0.5) is 0 Å². The Hall–Kier alpha value is -1.79. The van der Waals surface area contributed by atoms with Gasteiger partial charge >= 0.3 is 5.97 Å². The van der Waals surface area contributed by atoms with E-state index in [0.717, 1.165) is 0 Å². The van der Waals surface area contributed by atoms with Gasteiger partial charge in [-0.3, -0.25) is 9.63 Å².